The molecule has 9 heteroatoms. The van der Waals surface area contributed by atoms with Crippen molar-refractivity contribution < 1.29 is 14.3 Å². The first-order valence-corrected chi connectivity index (χ1v) is 8.65. The molecule has 9 nitrogen and oxygen atoms in total. The van der Waals surface area contributed by atoms with Gasteiger partial charge in [0, 0.05) is 23.4 Å². The molecule has 0 aliphatic carbocycles. The average molecular weight is 383 g/mol. The first-order valence-electron chi connectivity index (χ1n) is 8.65. The van der Waals surface area contributed by atoms with E-state index in [9.17, 15) is 9.59 Å². The highest BCUT2D eigenvalue weighted by molar-refractivity contribution is 6.04. The van der Waals surface area contributed by atoms with E-state index in [0.29, 0.717) is 40.7 Å². The second kappa shape index (κ2) is 7.95. The van der Waals surface area contributed by atoms with Crippen molar-refractivity contribution in [1.82, 2.24) is 19.7 Å². The monoisotopic (exact) mass is 383 g/mol. The van der Waals surface area contributed by atoms with Crippen LogP contribution in [0.25, 0.3) is 5.95 Å². The molecule has 0 fully saturated rings. The normalized spacial score (nSPS) is 10.6. The molecule has 0 unspecified atom stereocenters. The minimum absolute atomic E-state index is 0.236. The number of nitrogens with zero attached hydrogens (tertiary/aromatic N) is 3. The van der Waals surface area contributed by atoms with Crippen LogP contribution in [0.5, 0.6) is 11.5 Å². The van der Waals surface area contributed by atoms with Crippen molar-refractivity contribution in [3.63, 3.8) is 0 Å². The van der Waals surface area contributed by atoms with Crippen LogP contribution < -0.4 is 20.3 Å². The fraction of sp³-hybridized carbons (Fsp3) is 0.263. The Bertz CT molecular complexity index is 1070. The fourth-order valence-electron chi connectivity index (χ4n) is 2.69. The zero-order chi connectivity index (χ0) is 20.3. The lowest BCUT2D eigenvalue weighted by Gasteiger charge is -2.11. The van der Waals surface area contributed by atoms with E-state index in [2.05, 4.69) is 20.4 Å². The van der Waals surface area contributed by atoms with Gasteiger partial charge >= 0.3 is 0 Å². The number of benzene rings is 1. The number of carbonyl (C=O) groups excluding carboxylic acids is 1. The van der Waals surface area contributed by atoms with Crippen LogP contribution in [0, 0.1) is 6.92 Å². The van der Waals surface area contributed by atoms with Crippen molar-refractivity contribution in [2.75, 3.05) is 19.5 Å². The first-order chi connectivity index (χ1) is 13.4. The molecule has 2 N–H and O–H groups in total. The van der Waals surface area contributed by atoms with Gasteiger partial charge in [-0.15, -0.1) is 0 Å². The summed E-state index contributed by atoms with van der Waals surface area (Å²) in [7, 11) is 3.03. The van der Waals surface area contributed by atoms with Crippen molar-refractivity contribution in [1.29, 1.82) is 0 Å². The minimum Gasteiger partial charge on any atom is -0.493 e. The second-order valence-corrected chi connectivity index (χ2v) is 6.02. The highest BCUT2D eigenvalue weighted by Gasteiger charge is 2.16. The molecule has 2 aromatic heterocycles. The summed E-state index contributed by atoms with van der Waals surface area (Å²) in [5, 5.41) is 7.12. The number of rotatable bonds is 6. The fourth-order valence-corrected chi connectivity index (χ4v) is 2.69. The average Bonchev–Trinajstić information content (AvgIpc) is 3.06. The molecule has 3 aromatic rings. The van der Waals surface area contributed by atoms with E-state index in [-0.39, 0.29) is 17.4 Å². The maximum atomic E-state index is 12.7. The summed E-state index contributed by atoms with van der Waals surface area (Å²) >= 11 is 0. The lowest BCUT2D eigenvalue weighted by atomic mass is 10.2. The second-order valence-electron chi connectivity index (χ2n) is 6.02. The zero-order valence-electron chi connectivity index (χ0n) is 16.1. The molecular weight excluding hydrogens is 362 g/mol. The molecule has 28 heavy (non-hydrogen) atoms. The molecule has 1 aromatic carbocycles. The van der Waals surface area contributed by atoms with Gasteiger partial charge in [0.2, 0.25) is 5.95 Å². The van der Waals surface area contributed by atoms with Crippen LogP contribution in [-0.2, 0) is 6.42 Å². The van der Waals surface area contributed by atoms with E-state index in [0.717, 1.165) is 0 Å². The summed E-state index contributed by atoms with van der Waals surface area (Å²) in [4.78, 5) is 31.6. The van der Waals surface area contributed by atoms with E-state index in [1.54, 1.807) is 31.2 Å². The highest BCUT2D eigenvalue weighted by Crippen LogP contribution is 2.28. The number of H-pyrrole nitrogens is 1. The van der Waals surface area contributed by atoms with E-state index in [1.165, 1.54) is 25.0 Å². The van der Waals surface area contributed by atoms with Crippen molar-refractivity contribution in [2.45, 2.75) is 20.3 Å². The Morgan fingerprint density at radius 1 is 1.18 bits per heavy atom. The maximum Gasteiger partial charge on any atom is 0.256 e. The molecule has 0 aliphatic heterocycles. The summed E-state index contributed by atoms with van der Waals surface area (Å²) in [5.74, 6) is 1.23. The van der Waals surface area contributed by atoms with Gasteiger partial charge in [-0.05, 0) is 31.5 Å². The van der Waals surface area contributed by atoms with Gasteiger partial charge in [-0.3, -0.25) is 14.6 Å². The Kier molecular flexibility index (Phi) is 5.44. The SMILES string of the molecule is CCc1cc(=O)[nH]c(-n2nc(C)cc2NC(=O)c2ccc(OC)c(OC)c2)n1. The van der Waals surface area contributed by atoms with Gasteiger partial charge in [0.1, 0.15) is 5.82 Å². The third-order valence-corrected chi connectivity index (χ3v) is 4.06. The van der Waals surface area contributed by atoms with Crippen molar-refractivity contribution in [3.8, 4) is 17.4 Å². The molecule has 0 spiro atoms. The number of aromatic amines is 1. The van der Waals surface area contributed by atoms with E-state index in [1.807, 2.05) is 6.92 Å². The number of ether oxygens (including phenoxy) is 2. The summed E-state index contributed by atoms with van der Waals surface area (Å²) in [5.41, 5.74) is 1.38. The van der Waals surface area contributed by atoms with Gasteiger partial charge < -0.3 is 14.8 Å². The molecule has 1 amide bonds. The van der Waals surface area contributed by atoms with Gasteiger partial charge in [0.05, 0.1) is 19.9 Å². The number of hydrogen-bond acceptors (Lipinski definition) is 6. The molecule has 0 aliphatic rings. The first kappa shape index (κ1) is 19.2. The molecule has 0 radical (unpaired) electrons. The molecular formula is C19H21N5O4. The number of methoxy groups -OCH3 is 2. The summed E-state index contributed by atoms with van der Waals surface area (Å²) in [6.07, 6.45) is 0.602. The highest BCUT2D eigenvalue weighted by atomic mass is 16.5. The molecule has 0 saturated heterocycles. The smallest absolute Gasteiger partial charge is 0.256 e. The third kappa shape index (κ3) is 3.88. The standard InChI is InChI=1S/C19H21N5O4/c1-5-13-10-17(25)22-19(20-13)24-16(8-11(2)23-24)21-18(26)12-6-7-14(27-3)15(9-12)28-4/h6-10H,5H2,1-4H3,(H,21,26)(H,20,22,25). The Hall–Kier alpha value is -3.62. The quantitative estimate of drug-likeness (QED) is 0.674. The van der Waals surface area contributed by atoms with Crippen molar-refractivity contribution in [3.05, 3.63) is 57.6 Å². The molecule has 146 valence electrons. The van der Waals surface area contributed by atoms with Gasteiger partial charge in [-0.2, -0.15) is 9.78 Å². The number of amides is 1. The maximum absolute atomic E-state index is 12.7. The van der Waals surface area contributed by atoms with Gasteiger partial charge in [-0.25, -0.2) is 4.98 Å². The molecule has 2 heterocycles. The van der Waals surface area contributed by atoms with Crippen LogP contribution in [0.1, 0.15) is 28.7 Å². The van der Waals surface area contributed by atoms with Crippen LogP contribution in [0.3, 0.4) is 0 Å². The predicted molar refractivity (Wildman–Crippen MR) is 104 cm³/mol. The van der Waals surface area contributed by atoms with Crippen LogP contribution in [0.15, 0.2) is 35.1 Å². The number of anilines is 1. The Balaban J connectivity index is 1.95. The Labute approximate surface area is 161 Å². The molecule has 3 rings (SSSR count). The molecule has 0 atom stereocenters. The van der Waals surface area contributed by atoms with Gasteiger partial charge in [0.15, 0.2) is 11.5 Å². The number of aromatic nitrogens is 4. The number of aryl methyl sites for hydroxylation is 2. The largest absolute Gasteiger partial charge is 0.493 e. The van der Waals surface area contributed by atoms with Gasteiger partial charge in [0.25, 0.3) is 11.5 Å². The minimum atomic E-state index is -0.365. The summed E-state index contributed by atoms with van der Waals surface area (Å²) < 4.78 is 11.8. The number of carbonyl (C=O) groups is 1. The lowest BCUT2D eigenvalue weighted by Crippen LogP contribution is -2.19. The topological polar surface area (TPSA) is 111 Å². The zero-order valence-corrected chi connectivity index (χ0v) is 16.1. The Morgan fingerprint density at radius 2 is 1.93 bits per heavy atom. The van der Waals surface area contributed by atoms with Crippen molar-refractivity contribution in [2.24, 2.45) is 0 Å². The molecule has 0 saturated carbocycles. The third-order valence-electron chi connectivity index (χ3n) is 4.06. The van der Waals surface area contributed by atoms with E-state index >= 15 is 0 Å². The Morgan fingerprint density at radius 3 is 2.61 bits per heavy atom. The lowest BCUT2D eigenvalue weighted by molar-refractivity contribution is 0.102. The van der Waals surface area contributed by atoms with Crippen LogP contribution >= 0.6 is 0 Å². The summed E-state index contributed by atoms with van der Waals surface area (Å²) in [6, 6.07) is 7.99. The number of nitrogens with one attached hydrogen (secondary N) is 2. The van der Waals surface area contributed by atoms with Crippen LogP contribution in [0.4, 0.5) is 5.82 Å². The van der Waals surface area contributed by atoms with Crippen molar-refractivity contribution >= 4 is 11.7 Å². The van der Waals surface area contributed by atoms with E-state index in [4.69, 9.17) is 9.47 Å². The molecule has 0 bridgehead atoms. The predicted octanol–water partition coefficient (Wildman–Crippen LogP) is 2.10. The summed E-state index contributed by atoms with van der Waals surface area (Å²) in [6.45, 7) is 3.68. The van der Waals surface area contributed by atoms with Gasteiger partial charge in [-0.1, -0.05) is 6.92 Å². The van der Waals surface area contributed by atoms with E-state index < -0.39 is 0 Å². The van der Waals surface area contributed by atoms with Crippen LogP contribution in [-0.4, -0.2) is 39.9 Å². The van der Waals surface area contributed by atoms with Crippen LogP contribution in [0.2, 0.25) is 0 Å². The number of hydrogen-bond donors (Lipinski definition) is 2.